The van der Waals surface area contributed by atoms with Gasteiger partial charge in [0, 0.05) is 5.92 Å². The summed E-state index contributed by atoms with van der Waals surface area (Å²) in [6, 6.07) is -1.48. The third-order valence-electron chi connectivity index (χ3n) is 2.70. The summed E-state index contributed by atoms with van der Waals surface area (Å²) >= 11 is 0. The molecule has 0 bridgehead atoms. The molecule has 0 saturated carbocycles. The van der Waals surface area contributed by atoms with Crippen LogP contribution in [0, 0.1) is 5.92 Å². The van der Waals surface area contributed by atoms with Crippen LogP contribution in [0.1, 0.15) is 55.4 Å². The van der Waals surface area contributed by atoms with Crippen LogP contribution >= 0.6 is 0 Å². The number of imide groups is 1. The Morgan fingerprint density at radius 1 is 0.960 bits per heavy atom. The first-order valence-electron chi connectivity index (χ1n) is 8.10. The molecule has 2 unspecified atom stereocenters. The molecule has 0 saturated heterocycles. The highest BCUT2D eigenvalue weighted by atomic mass is 16.6. The third-order valence-corrected chi connectivity index (χ3v) is 2.70. The molecule has 25 heavy (non-hydrogen) atoms. The molecule has 0 aromatic carbocycles. The Hall–Kier alpha value is -2.12. The van der Waals surface area contributed by atoms with Gasteiger partial charge in [0.2, 0.25) is 0 Å². The second-order valence-corrected chi connectivity index (χ2v) is 7.52. The number of ether oxygens (including phenoxy) is 3. The van der Waals surface area contributed by atoms with E-state index in [1.807, 2.05) is 0 Å². The van der Waals surface area contributed by atoms with Crippen LogP contribution in [0.2, 0.25) is 0 Å². The van der Waals surface area contributed by atoms with Crippen LogP contribution in [0.4, 0.5) is 9.59 Å². The lowest BCUT2D eigenvalue weighted by Crippen LogP contribution is -2.55. The first-order valence-corrected chi connectivity index (χ1v) is 8.10. The van der Waals surface area contributed by atoms with E-state index >= 15 is 0 Å². The standard InChI is InChI=1S/C17H29NO7/c1-9-23-13(20)12(11(2)10-19)18(14(21)24-16(3,4)5)15(22)25-17(6,7)8/h10-12H,9H2,1-8H3. The maximum absolute atomic E-state index is 12.5. The minimum absolute atomic E-state index is 0.0252. The first-order chi connectivity index (χ1) is 11.2. The van der Waals surface area contributed by atoms with Crippen LogP contribution < -0.4 is 0 Å². The van der Waals surface area contributed by atoms with Gasteiger partial charge in [-0.2, -0.15) is 4.90 Å². The van der Waals surface area contributed by atoms with Crippen LogP contribution in [0.25, 0.3) is 0 Å². The van der Waals surface area contributed by atoms with Gasteiger partial charge in [-0.3, -0.25) is 0 Å². The Bertz CT molecular complexity index is 474. The van der Waals surface area contributed by atoms with Crippen molar-refractivity contribution in [1.82, 2.24) is 4.90 Å². The zero-order valence-corrected chi connectivity index (χ0v) is 16.2. The van der Waals surface area contributed by atoms with E-state index in [2.05, 4.69) is 0 Å². The normalized spacial score (nSPS) is 14.1. The van der Waals surface area contributed by atoms with Gasteiger partial charge in [-0.15, -0.1) is 0 Å². The highest BCUT2D eigenvalue weighted by molar-refractivity contribution is 5.95. The summed E-state index contributed by atoms with van der Waals surface area (Å²) in [7, 11) is 0. The molecule has 0 spiro atoms. The van der Waals surface area contributed by atoms with Crippen LogP contribution in [0.3, 0.4) is 0 Å². The van der Waals surface area contributed by atoms with E-state index in [0.717, 1.165) is 0 Å². The molecule has 144 valence electrons. The average molecular weight is 359 g/mol. The van der Waals surface area contributed by atoms with E-state index in [-0.39, 0.29) is 6.61 Å². The number of amides is 2. The largest absolute Gasteiger partial charge is 0.464 e. The molecule has 8 nitrogen and oxygen atoms in total. The smallest absolute Gasteiger partial charge is 0.420 e. The summed E-state index contributed by atoms with van der Waals surface area (Å²) in [5.41, 5.74) is -1.83. The summed E-state index contributed by atoms with van der Waals surface area (Å²) in [4.78, 5) is 49.1. The molecule has 0 fully saturated rings. The first kappa shape index (κ1) is 22.9. The molecule has 0 aliphatic rings. The average Bonchev–Trinajstić information content (AvgIpc) is 2.39. The molecule has 0 aromatic rings. The van der Waals surface area contributed by atoms with Crippen molar-refractivity contribution in [1.29, 1.82) is 0 Å². The molecule has 0 aliphatic heterocycles. The van der Waals surface area contributed by atoms with E-state index < -0.39 is 41.3 Å². The summed E-state index contributed by atoms with van der Waals surface area (Å²) in [6.45, 7) is 12.7. The molecule has 8 heteroatoms. The number of carbonyl (C=O) groups excluding carboxylic acids is 4. The molecule has 0 aliphatic carbocycles. The van der Waals surface area contributed by atoms with Crippen molar-refractivity contribution < 1.29 is 33.4 Å². The maximum atomic E-state index is 12.5. The number of hydrogen-bond donors (Lipinski definition) is 0. The summed E-state index contributed by atoms with van der Waals surface area (Å²) in [6.07, 6.45) is -1.72. The van der Waals surface area contributed by atoms with Crippen LogP contribution in [-0.4, -0.2) is 53.2 Å². The van der Waals surface area contributed by atoms with Crippen molar-refractivity contribution in [2.75, 3.05) is 6.61 Å². The summed E-state index contributed by atoms with van der Waals surface area (Å²) in [5, 5.41) is 0. The molecule has 0 rings (SSSR count). The van der Waals surface area contributed by atoms with Gasteiger partial charge in [0.15, 0.2) is 6.04 Å². The summed E-state index contributed by atoms with van der Waals surface area (Å²) in [5.74, 6) is -1.89. The van der Waals surface area contributed by atoms with Crippen molar-refractivity contribution in [3.8, 4) is 0 Å². The predicted molar refractivity (Wildman–Crippen MR) is 90.0 cm³/mol. The van der Waals surface area contributed by atoms with Gasteiger partial charge < -0.3 is 19.0 Å². The Morgan fingerprint density at radius 2 is 1.36 bits per heavy atom. The van der Waals surface area contributed by atoms with Gasteiger partial charge in [0.05, 0.1) is 6.61 Å². The van der Waals surface area contributed by atoms with Gasteiger partial charge in [-0.05, 0) is 48.5 Å². The monoisotopic (exact) mass is 359 g/mol. The van der Waals surface area contributed by atoms with Crippen LogP contribution in [-0.2, 0) is 23.8 Å². The summed E-state index contributed by atoms with van der Waals surface area (Å²) < 4.78 is 15.3. The second kappa shape index (κ2) is 8.82. The molecule has 2 atom stereocenters. The number of aldehydes is 1. The van der Waals surface area contributed by atoms with E-state index in [9.17, 15) is 19.2 Å². The second-order valence-electron chi connectivity index (χ2n) is 7.52. The fourth-order valence-corrected chi connectivity index (χ4v) is 1.78. The number of nitrogens with zero attached hydrogens (tertiary/aromatic N) is 1. The maximum Gasteiger partial charge on any atom is 0.420 e. The van der Waals surface area contributed by atoms with Crippen LogP contribution in [0.5, 0.6) is 0 Å². The van der Waals surface area contributed by atoms with Gasteiger partial charge in [-0.25, -0.2) is 14.4 Å². The molecule has 0 radical (unpaired) electrons. The molecule has 0 aromatic heterocycles. The minimum Gasteiger partial charge on any atom is -0.464 e. The van der Waals surface area contributed by atoms with Crippen molar-refractivity contribution in [2.24, 2.45) is 5.92 Å². The number of hydrogen-bond acceptors (Lipinski definition) is 7. The molecule has 0 N–H and O–H groups in total. The lowest BCUT2D eigenvalue weighted by atomic mass is 10.0. The minimum atomic E-state index is -1.48. The van der Waals surface area contributed by atoms with Crippen molar-refractivity contribution in [3.05, 3.63) is 0 Å². The zero-order valence-electron chi connectivity index (χ0n) is 16.2. The van der Waals surface area contributed by atoms with Crippen molar-refractivity contribution in [2.45, 2.75) is 72.6 Å². The van der Waals surface area contributed by atoms with E-state index in [1.165, 1.54) is 6.92 Å². The number of carbonyl (C=O) groups is 4. The van der Waals surface area contributed by atoms with Gasteiger partial charge in [0.1, 0.15) is 17.5 Å². The highest BCUT2D eigenvalue weighted by Gasteiger charge is 2.43. The lowest BCUT2D eigenvalue weighted by molar-refractivity contribution is -0.152. The fourth-order valence-electron chi connectivity index (χ4n) is 1.78. The van der Waals surface area contributed by atoms with Crippen LogP contribution in [0.15, 0.2) is 0 Å². The molecular weight excluding hydrogens is 330 g/mol. The molecule has 2 amide bonds. The molecular formula is C17H29NO7. The number of esters is 1. The van der Waals surface area contributed by atoms with E-state index in [4.69, 9.17) is 14.2 Å². The highest BCUT2D eigenvalue weighted by Crippen LogP contribution is 2.20. The molecule has 0 heterocycles. The SMILES string of the molecule is CCOC(=O)C(C(C)C=O)N(C(=O)OC(C)(C)C)C(=O)OC(C)(C)C. The van der Waals surface area contributed by atoms with E-state index in [1.54, 1.807) is 48.5 Å². The predicted octanol–water partition coefficient (Wildman–Crippen LogP) is 2.93. The van der Waals surface area contributed by atoms with Crippen molar-refractivity contribution in [3.63, 3.8) is 0 Å². The topological polar surface area (TPSA) is 99.2 Å². The lowest BCUT2D eigenvalue weighted by Gasteiger charge is -2.33. The van der Waals surface area contributed by atoms with Gasteiger partial charge >= 0.3 is 18.2 Å². The van der Waals surface area contributed by atoms with Crippen molar-refractivity contribution >= 4 is 24.4 Å². The van der Waals surface area contributed by atoms with Gasteiger partial charge in [-0.1, -0.05) is 6.92 Å². The van der Waals surface area contributed by atoms with Gasteiger partial charge in [0.25, 0.3) is 0 Å². The Balaban J connectivity index is 5.93. The van der Waals surface area contributed by atoms with E-state index in [0.29, 0.717) is 11.2 Å². The number of rotatable bonds is 5. The zero-order chi connectivity index (χ0) is 20.0. The Morgan fingerprint density at radius 3 is 1.64 bits per heavy atom. The Kier molecular flexibility index (Phi) is 8.08. The Labute approximate surface area is 148 Å². The quantitative estimate of drug-likeness (QED) is 0.423. The fraction of sp³-hybridized carbons (Fsp3) is 0.765. The third kappa shape index (κ3) is 8.00.